The highest BCUT2D eigenvalue weighted by molar-refractivity contribution is 5.90. The predicted octanol–water partition coefficient (Wildman–Crippen LogP) is 7.51. The van der Waals surface area contributed by atoms with Gasteiger partial charge in [-0.05, 0) is 61.7 Å². The lowest BCUT2D eigenvalue weighted by Crippen LogP contribution is -2.10. The van der Waals surface area contributed by atoms with Gasteiger partial charge in [0, 0.05) is 24.4 Å². The van der Waals surface area contributed by atoms with E-state index in [2.05, 4.69) is 16.9 Å². The summed E-state index contributed by atoms with van der Waals surface area (Å²) in [5, 5.41) is 0. The number of nitrogens with zero attached hydrogens (tertiary/aromatic N) is 2. The summed E-state index contributed by atoms with van der Waals surface area (Å²) in [4.78, 5) is 32.9. The van der Waals surface area contributed by atoms with Crippen LogP contribution in [0.1, 0.15) is 94.2 Å². The predicted molar refractivity (Wildman–Crippen MR) is 147 cm³/mol. The van der Waals surface area contributed by atoms with Gasteiger partial charge in [-0.25, -0.2) is 14.8 Å². The lowest BCUT2D eigenvalue weighted by Gasteiger charge is -2.14. The first-order chi connectivity index (χ1) is 18.5. The maximum absolute atomic E-state index is 12.6. The molecule has 0 fully saturated rings. The molecule has 2 aromatic carbocycles. The molecule has 1 aromatic heterocycles. The van der Waals surface area contributed by atoms with Crippen LogP contribution in [0.25, 0.3) is 11.4 Å². The van der Waals surface area contributed by atoms with Crippen LogP contribution in [0, 0.1) is 0 Å². The minimum Gasteiger partial charge on any atom is -0.494 e. The maximum Gasteiger partial charge on any atom is 0.346 e. The molecule has 0 spiro atoms. The molecule has 1 heterocycles. The van der Waals surface area contributed by atoms with Crippen LogP contribution in [-0.2, 0) is 9.53 Å². The van der Waals surface area contributed by atoms with Gasteiger partial charge in [0.25, 0.3) is 0 Å². The van der Waals surface area contributed by atoms with Crippen molar-refractivity contribution in [1.82, 2.24) is 9.97 Å². The van der Waals surface area contributed by atoms with E-state index in [1.165, 1.54) is 44.5 Å². The molecule has 0 amide bonds. The van der Waals surface area contributed by atoms with Gasteiger partial charge >= 0.3 is 11.9 Å². The Labute approximate surface area is 225 Å². The van der Waals surface area contributed by atoms with E-state index in [0.29, 0.717) is 24.6 Å². The second-order valence-corrected chi connectivity index (χ2v) is 9.28. The van der Waals surface area contributed by atoms with Crippen LogP contribution < -0.4 is 9.47 Å². The fraction of sp³-hybridized carbons (Fsp3) is 0.419. The molecule has 0 N–H and O–H groups in total. The van der Waals surface area contributed by atoms with Crippen molar-refractivity contribution >= 4 is 11.9 Å². The summed E-state index contributed by atoms with van der Waals surface area (Å²) < 4.78 is 16.7. The largest absolute Gasteiger partial charge is 0.494 e. The van der Waals surface area contributed by atoms with Crippen molar-refractivity contribution < 1.29 is 23.8 Å². The first-order valence-electron chi connectivity index (χ1n) is 13.6. The first-order valence-corrected chi connectivity index (χ1v) is 13.6. The Kier molecular flexibility index (Phi) is 11.8. The SMILES string of the molecule is CCCCCCCCOc1ccc(-c2ncc(C(=O)Oc3ccc(C(C)OC(=O)CCC)cc3)cn2)cc1. The van der Waals surface area contributed by atoms with Crippen LogP contribution in [0.3, 0.4) is 0 Å². The minimum absolute atomic E-state index is 0.230. The normalized spacial score (nSPS) is 11.6. The molecule has 202 valence electrons. The Hall–Kier alpha value is -3.74. The Morgan fingerprint density at radius 1 is 0.789 bits per heavy atom. The van der Waals surface area contributed by atoms with Crippen molar-refractivity contribution in [2.24, 2.45) is 0 Å². The highest BCUT2D eigenvalue weighted by Crippen LogP contribution is 2.23. The Morgan fingerprint density at radius 2 is 1.42 bits per heavy atom. The second-order valence-electron chi connectivity index (χ2n) is 9.28. The number of rotatable bonds is 15. The molecule has 7 nitrogen and oxygen atoms in total. The van der Waals surface area contributed by atoms with Crippen LogP contribution in [-0.4, -0.2) is 28.5 Å². The smallest absolute Gasteiger partial charge is 0.346 e. The number of hydrogen-bond acceptors (Lipinski definition) is 7. The van der Waals surface area contributed by atoms with Crippen LogP contribution >= 0.6 is 0 Å². The summed E-state index contributed by atoms with van der Waals surface area (Å²) in [7, 11) is 0. The third kappa shape index (κ3) is 9.29. The van der Waals surface area contributed by atoms with E-state index >= 15 is 0 Å². The van der Waals surface area contributed by atoms with Crippen molar-refractivity contribution in [3.63, 3.8) is 0 Å². The minimum atomic E-state index is -0.551. The van der Waals surface area contributed by atoms with E-state index in [1.807, 2.05) is 38.1 Å². The number of carbonyl (C=O) groups is 2. The summed E-state index contributed by atoms with van der Waals surface area (Å²) in [6.45, 7) is 6.68. The van der Waals surface area contributed by atoms with Crippen LogP contribution in [0.5, 0.6) is 11.5 Å². The number of benzene rings is 2. The van der Waals surface area contributed by atoms with Crippen molar-refractivity contribution in [2.75, 3.05) is 6.61 Å². The van der Waals surface area contributed by atoms with Crippen LogP contribution in [0.15, 0.2) is 60.9 Å². The van der Waals surface area contributed by atoms with Gasteiger partial charge in [0.05, 0.1) is 12.2 Å². The van der Waals surface area contributed by atoms with Crippen molar-refractivity contribution in [3.05, 3.63) is 72.1 Å². The molecule has 0 aliphatic carbocycles. The van der Waals surface area contributed by atoms with E-state index in [0.717, 1.165) is 29.7 Å². The maximum atomic E-state index is 12.6. The van der Waals surface area contributed by atoms with Gasteiger partial charge in [-0.3, -0.25) is 4.79 Å². The number of aromatic nitrogens is 2. The van der Waals surface area contributed by atoms with Crippen molar-refractivity contribution in [2.45, 2.75) is 78.2 Å². The molecule has 0 aliphatic heterocycles. The topological polar surface area (TPSA) is 87.6 Å². The molecule has 3 aromatic rings. The lowest BCUT2D eigenvalue weighted by molar-refractivity contribution is -0.148. The zero-order valence-corrected chi connectivity index (χ0v) is 22.7. The molecule has 0 saturated carbocycles. The number of unbranched alkanes of at least 4 members (excludes halogenated alkanes) is 5. The molecule has 0 radical (unpaired) electrons. The molecule has 1 unspecified atom stereocenters. The Bertz CT molecular complexity index is 1130. The summed E-state index contributed by atoms with van der Waals surface area (Å²) in [6, 6.07) is 14.5. The Balaban J connectivity index is 1.48. The molecular formula is C31H38N2O5. The molecule has 0 bridgehead atoms. The monoisotopic (exact) mass is 518 g/mol. The molecule has 0 saturated heterocycles. The summed E-state index contributed by atoms with van der Waals surface area (Å²) in [5.41, 5.74) is 1.90. The number of ether oxygens (including phenoxy) is 3. The van der Waals surface area contributed by atoms with E-state index in [-0.39, 0.29) is 17.6 Å². The second kappa shape index (κ2) is 15.5. The Morgan fingerprint density at radius 3 is 2.08 bits per heavy atom. The molecular weight excluding hydrogens is 480 g/mol. The van der Waals surface area contributed by atoms with Gasteiger partial charge in [0.1, 0.15) is 17.6 Å². The molecule has 1 atom stereocenters. The van der Waals surface area contributed by atoms with Crippen molar-refractivity contribution in [1.29, 1.82) is 0 Å². The summed E-state index contributed by atoms with van der Waals surface area (Å²) in [5.74, 6) is 0.936. The lowest BCUT2D eigenvalue weighted by atomic mass is 10.1. The third-order valence-electron chi connectivity index (χ3n) is 6.09. The van der Waals surface area contributed by atoms with Gasteiger partial charge in [0.15, 0.2) is 5.82 Å². The molecule has 38 heavy (non-hydrogen) atoms. The van der Waals surface area contributed by atoms with Gasteiger partial charge in [-0.1, -0.05) is 58.1 Å². The van der Waals surface area contributed by atoms with Crippen molar-refractivity contribution in [3.8, 4) is 22.9 Å². The zero-order chi connectivity index (χ0) is 27.2. The zero-order valence-electron chi connectivity index (χ0n) is 22.7. The standard InChI is InChI=1S/C31H38N2O5/c1-4-6-7-8-9-10-20-36-27-16-14-25(15-17-27)30-32-21-26(22-33-30)31(35)38-28-18-12-24(13-19-28)23(3)37-29(34)11-5-2/h12-19,21-23H,4-11,20H2,1-3H3. The summed E-state index contributed by atoms with van der Waals surface area (Å²) >= 11 is 0. The highest BCUT2D eigenvalue weighted by Gasteiger charge is 2.14. The average Bonchev–Trinajstić information content (AvgIpc) is 2.93. The van der Waals surface area contributed by atoms with Gasteiger partial charge < -0.3 is 14.2 Å². The molecule has 7 heteroatoms. The van der Waals surface area contributed by atoms with E-state index in [4.69, 9.17) is 14.2 Å². The van der Waals surface area contributed by atoms with Gasteiger partial charge in [-0.15, -0.1) is 0 Å². The third-order valence-corrected chi connectivity index (χ3v) is 6.09. The fourth-order valence-corrected chi connectivity index (χ4v) is 3.86. The number of carbonyl (C=O) groups excluding carboxylic acids is 2. The molecule has 3 rings (SSSR count). The van der Waals surface area contributed by atoms with E-state index in [1.54, 1.807) is 24.3 Å². The fourth-order valence-electron chi connectivity index (χ4n) is 3.86. The summed E-state index contributed by atoms with van der Waals surface area (Å²) in [6.07, 6.45) is 11.1. The number of esters is 2. The first kappa shape index (κ1) is 28.8. The number of hydrogen-bond donors (Lipinski definition) is 0. The van der Waals surface area contributed by atoms with Gasteiger partial charge in [0.2, 0.25) is 0 Å². The van der Waals surface area contributed by atoms with Gasteiger partial charge in [-0.2, -0.15) is 0 Å². The van der Waals surface area contributed by atoms with Crippen LogP contribution in [0.4, 0.5) is 0 Å². The quantitative estimate of drug-likeness (QED) is 0.117. The molecule has 0 aliphatic rings. The highest BCUT2D eigenvalue weighted by atomic mass is 16.5. The average molecular weight is 519 g/mol. The van der Waals surface area contributed by atoms with E-state index < -0.39 is 5.97 Å². The van der Waals surface area contributed by atoms with E-state index in [9.17, 15) is 9.59 Å². The van der Waals surface area contributed by atoms with Crippen LogP contribution in [0.2, 0.25) is 0 Å².